The van der Waals surface area contributed by atoms with Crippen molar-refractivity contribution < 1.29 is 29.3 Å². The fourth-order valence-corrected chi connectivity index (χ4v) is 3.54. The highest BCUT2D eigenvalue weighted by Gasteiger charge is 2.24. The van der Waals surface area contributed by atoms with Gasteiger partial charge in [0.15, 0.2) is 5.96 Å². The first-order valence-electron chi connectivity index (χ1n) is 10.6. The predicted molar refractivity (Wildman–Crippen MR) is 117 cm³/mol. The van der Waals surface area contributed by atoms with Crippen LogP contribution < -0.4 is 26.4 Å². The van der Waals surface area contributed by atoms with Gasteiger partial charge < -0.3 is 36.6 Å². The quantitative estimate of drug-likeness (QED) is 0.145. The molecule has 0 bridgehead atoms. The van der Waals surface area contributed by atoms with Crippen LogP contribution in [0.25, 0.3) is 0 Å². The monoisotopic (exact) mass is 449 g/mol. The Morgan fingerprint density at radius 3 is 2.53 bits per heavy atom. The van der Waals surface area contributed by atoms with Gasteiger partial charge in [0, 0.05) is 19.0 Å². The normalized spacial score (nSPS) is 14.8. The van der Waals surface area contributed by atoms with Crippen LogP contribution in [0.3, 0.4) is 0 Å². The van der Waals surface area contributed by atoms with Gasteiger partial charge in [-0.3, -0.25) is 15.0 Å². The summed E-state index contributed by atoms with van der Waals surface area (Å²) in [4.78, 5) is 36.1. The molecule has 11 heteroatoms. The molecular formula is C21H31N5O6. The fraction of sp³-hybridized carbons (Fsp3) is 0.524. The van der Waals surface area contributed by atoms with E-state index in [-0.39, 0.29) is 48.7 Å². The minimum atomic E-state index is -1.27. The van der Waals surface area contributed by atoms with Crippen molar-refractivity contribution in [2.24, 2.45) is 11.7 Å². The number of carbonyl (C=O) groups excluding carboxylic acids is 2. The number of nitrogens with one attached hydrogen (secondary N) is 4. The summed E-state index contributed by atoms with van der Waals surface area (Å²) in [5.74, 6) is -2.23. The first kappa shape index (κ1) is 24.8. The van der Waals surface area contributed by atoms with Gasteiger partial charge in [-0.2, -0.15) is 0 Å². The molecule has 32 heavy (non-hydrogen) atoms. The Balaban J connectivity index is 1.84. The van der Waals surface area contributed by atoms with E-state index in [9.17, 15) is 24.6 Å². The number of aliphatic carboxylic acids is 1. The number of carbonyl (C=O) groups is 3. The summed E-state index contributed by atoms with van der Waals surface area (Å²) in [7, 11) is 0. The number of hydrogen-bond acceptors (Lipinski definition) is 6. The average Bonchev–Trinajstić information content (AvgIpc) is 2.74. The van der Waals surface area contributed by atoms with Gasteiger partial charge in [-0.15, -0.1) is 0 Å². The zero-order chi connectivity index (χ0) is 23.5. The zero-order valence-corrected chi connectivity index (χ0v) is 17.9. The van der Waals surface area contributed by atoms with Gasteiger partial charge in [0.05, 0.1) is 12.1 Å². The Morgan fingerprint density at radius 1 is 1.19 bits per heavy atom. The van der Waals surface area contributed by atoms with E-state index in [0.717, 1.165) is 25.7 Å². The summed E-state index contributed by atoms with van der Waals surface area (Å²) in [6.45, 7) is 0.158. The molecule has 0 unspecified atom stereocenters. The molecule has 1 aromatic rings. The van der Waals surface area contributed by atoms with E-state index in [0.29, 0.717) is 12.3 Å². The van der Waals surface area contributed by atoms with Gasteiger partial charge in [0.2, 0.25) is 5.91 Å². The summed E-state index contributed by atoms with van der Waals surface area (Å²) in [6, 6.07) is 2.80. The summed E-state index contributed by atoms with van der Waals surface area (Å²) >= 11 is 0. The van der Waals surface area contributed by atoms with E-state index in [1.165, 1.54) is 24.6 Å². The third kappa shape index (κ3) is 8.32. The van der Waals surface area contributed by atoms with Gasteiger partial charge in [0.25, 0.3) is 5.91 Å². The highest BCUT2D eigenvalue weighted by molar-refractivity contribution is 5.97. The number of hydrogen-bond donors (Lipinski definition) is 7. The van der Waals surface area contributed by atoms with Crippen LogP contribution in [-0.2, 0) is 9.59 Å². The molecule has 1 saturated carbocycles. The number of benzene rings is 1. The molecule has 1 aliphatic carbocycles. The highest BCUT2D eigenvalue weighted by Crippen LogP contribution is 2.26. The van der Waals surface area contributed by atoms with Gasteiger partial charge in [0.1, 0.15) is 24.1 Å². The lowest BCUT2D eigenvalue weighted by Gasteiger charge is -2.22. The number of phenolic OH excluding ortho intramolecular Hbond substituents is 1. The number of phenols is 1. The third-order valence-corrected chi connectivity index (χ3v) is 5.20. The molecule has 1 aliphatic rings. The minimum Gasteiger partial charge on any atom is -0.507 e. The van der Waals surface area contributed by atoms with Gasteiger partial charge in [-0.1, -0.05) is 19.3 Å². The number of ether oxygens (including phenoxy) is 1. The summed E-state index contributed by atoms with van der Waals surface area (Å²) in [5, 5.41) is 34.0. The van der Waals surface area contributed by atoms with Crippen LogP contribution >= 0.6 is 0 Å². The predicted octanol–water partition coefficient (Wildman–Crippen LogP) is 0.524. The number of nitrogens with two attached hydrogens (primary N) is 1. The molecule has 11 nitrogen and oxygen atoms in total. The number of carboxylic acids is 1. The van der Waals surface area contributed by atoms with Crippen molar-refractivity contribution in [2.75, 3.05) is 19.7 Å². The maximum Gasteiger partial charge on any atom is 0.328 e. The molecule has 0 aromatic heterocycles. The van der Waals surface area contributed by atoms with Crippen molar-refractivity contribution in [3.63, 3.8) is 0 Å². The largest absolute Gasteiger partial charge is 0.507 e. The summed E-state index contributed by atoms with van der Waals surface area (Å²) < 4.78 is 5.38. The van der Waals surface area contributed by atoms with Crippen LogP contribution in [0, 0.1) is 11.3 Å². The molecular weight excluding hydrogens is 418 g/mol. The summed E-state index contributed by atoms with van der Waals surface area (Å²) in [5.41, 5.74) is 5.10. The van der Waals surface area contributed by atoms with E-state index < -0.39 is 17.9 Å². The van der Waals surface area contributed by atoms with Crippen LogP contribution in [0.15, 0.2) is 18.2 Å². The molecule has 1 aromatic carbocycles. The van der Waals surface area contributed by atoms with E-state index >= 15 is 0 Å². The van der Waals surface area contributed by atoms with Crippen LogP contribution in [0.2, 0.25) is 0 Å². The first-order valence-corrected chi connectivity index (χ1v) is 10.6. The molecule has 1 atom stereocenters. The van der Waals surface area contributed by atoms with E-state index in [2.05, 4.69) is 16.0 Å². The van der Waals surface area contributed by atoms with Crippen LogP contribution in [0.4, 0.5) is 0 Å². The maximum absolute atomic E-state index is 12.4. The number of aromatic hydroxyl groups is 1. The Morgan fingerprint density at radius 2 is 1.91 bits per heavy atom. The molecule has 0 aliphatic heterocycles. The smallest absolute Gasteiger partial charge is 0.328 e. The number of guanidine groups is 1. The molecule has 2 rings (SSSR count). The second kappa shape index (κ2) is 12.4. The first-order chi connectivity index (χ1) is 15.3. The minimum absolute atomic E-state index is 0.0584. The van der Waals surface area contributed by atoms with E-state index in [4.69, 9.17) is 15.9 Å². The number of rotatable bonds is 11. The lowest BCUT2D eigenvalue weighted by Crippen LogP contribution is -2.48. The molecule has 0 heterocycles. The van der Waals surface area contributed by atoms with Crippen molar-refractivity contribution in [3.05, 3.63) is 23.8 Å². The van der Waals surface area contributed by atoms with Crippen molar-refractivity contribution >= 4 is 23.7 Å². The number of amides is 2. The second-order valence-corrected chi connectivity index (χ2v) is 7.74. The summed E-state index contributed by atoms with van der Waals surface area (Å²) in [6.07, 6.45) is 5.54. The van der Waals surface area contributed by atoms with E-state index in [1.807, 2.05) is 0 Å². The molecule has 8 N–H and O–H groups in total. The Bertz CT molecular complexity index is 825. The molecule has 0 spiro atoms. The molecule has 176 valence electrons. The zero-order valence-electron chi connectivity index (χ0n) is 17.9. The highest BCUT2D eigenvalue weighted by atomic mass is 16.5. The van der Waals surface area contributed by atoms with Crippen molar-refractivity contribution in [3.8, 4) is 11.5 Å². The molecule has 1 fully saturated rings. The Kier molecular flexibility index (Phi) is 9.58. The molecule has 0 saturated heterocycles. The number of carboxylic acid groups (broad SMARTS) is 1. The SMILES string of the molecule is N=C(N)NCCOc1ccc(C(=O)NC[C@H](NC(=O)CC2CCCCC2)C(=O)O)c(O)c1. The van der Waals surface area contributed by atoms with E-state index in [1.54, 1.807) is 0 Å². The van der Waals surface area contributed by atoms with Gasteiger partial charge in [-0.05, 0) is 30.9 Å². The maximum atomic E-state index is 12.4. The topological polar surface area (TPSA) is 187 Å². The van der Waals surface area contributed by atoms with Crippen molar-refractivity contribution in [2.45, 2.75) is 44.6 Å². The van der Waals surface area contributed by atoms with Crippen LogP contribution in [0.5, 0.6) is 11.5 Å². The molecule has 0 radical (unpaired) electrons. The van der Waals surface area contributed by atoms with Crippen LogP contribution in [0.1, 0.15) is 48.9 Å². The fourth-order valence-electron chi connectivity index (χ4n) is 3.54. The lowest BCUT2D eigenvalue weighted by atomic mass is 9.87. The Labute approximate surface area is 186 Å². The van der Waals surface area contributed by atoms with Crippen molar-refractivity contribution in [1.29, 1.82) is 5.41 Å². The Hall–Kier alpha value is -3.50. The lowest BCUT2D eigenvalue weighted by molar-refractivity contribution is -0.141. The standard InChI is InChI=1S/C21H31N5O6/c22-21(23)24-8-9-32-14-6-7-15(17(27)11-14)19(29)25-12-16(20(30)31)26-18(28)10-13-4-2-1-3-5-13/h6-7,11,13,16,27H,1-5,8-10,12H2,(H,25,29)(H,26,28)(H,30,31)(H4,22,23,24)/t16-/m0/s1. The van der Waals surface area contributed by atoms with Gasteiger partial charge >= 0.3 is 5.97 Å². The van der Waals surface area contributed by atoms with Crippen molar-refractivity contribution in [1.82, 2.24) is 16.0 Å². The third-order valence-electron chi connectivity index (χ3n) is 5.20. The molecule has 2 amide bonds. The van der Waals surface area contributed by atoms with Crippen LogP contribution in [-0.4, -0.2) is 59.7 Å². The average molecular weight is 450 g/mol. The second-order valence-electron chi connectivity index (χ2n) is 7.74. The van der Waals surface area contributed by atoms with Gasteiger partial charge in [-0.25, -0.2) is 4.79 Å².